The molecule has 1 aromatic heterocycles. The largest absolute Gasteiger partial charge is 0.493 e. The second-order valence-corrected chi connectivity index (χ2v) is 9.81. The van der Waals surface area contributed by atoms with Crippen LogP contribution in [-0.4, -0.2) is 24.5 Å². The molecule has 0 bridgehead atoms. The minimum absolute atomic E-state index is 0.0982. The molecule has 0 spiro atoms. The van der Waals surface area contributed by atoms with Crippen LogP contribution in [0, 0.1) is 6.92 Å². The van der Waals surface area contributed by atoms with Crippen molar-refractivity contribution in [2.45, 2.75) is 52.1 Å². The Morgan fingerprint density at radius 1 is 0.921 bits per heavy atom. The zero-order chi connectivity index (χ0) is 26.6. The van der Waals surface area contributed by atoms with E-state index in [9.17, 15) is 9.59 Å². The Balaban J connectivity index is 1.56. The van der Waals surface area contributed by atoms with Crippen molar-refractivity contribution in [1.29, 1.82) is 0 Å². The second-order valence-electron chi connectivity index (χ2n) is 9.81. The van der Waals surface area contributed by atoms with E-state index in [0.717, 1.165) is 29.5 Å². The molecule has 0 fully saturated rings. The number of carbonyl (C=O) groups is 1. The summed E-state index contributed by atoms with van der Waals surface area (Å²) in [5, 5.41) is 0.459. The topological polar surface area (TPSA) is 69.0 Å². The molecule has 1 amide bonds. The summed E-state index contributed by atoms with van der Waals surface area (Å²) < 4.78 is 17.7. The maximum absolute atomic E-state index is 13.7. The van der Waals surface area contributed by atoms with E-state index in [0.29, 0.717) is 41.2 Å². The third kappa shape index (κ3) is 4.91. The van der Waals surface area contributed by atoms with Gasteiger partial charge in [0, 0.05) is 6.54 Å². The van der Waals surface area contributed by atoms with E-state index >= 15 is 0 Å². The van der Waals surface area contributed by atoms with Crippen LogP contribution in [-0.2, 0) is 6.54 Å². The van der Waals surface area contributed by atoms with Gasteiger partial charge >= 0.3 is 0 Å². The van der Waals surface area contributed by atoms with Crippen LogP contribution in [0.2, 0.25) is 0 Å². The van der Waals surface area contributed by atoms with Crippen LogP contribution in [0.1, 0.15) is 71.5 Å². The molecule has 0 N–H and O–H groups in total. The molecule has 2 heterocycles. The predicted molar refractivity (Wildman–Crippen MR) is 148 cm³/mol. The first kappa shape index (κ1) is 25.6. The molecule has 4 aromatic rings. The van der Waals surface area contributed by atoms with E-state index in [4.69, 9.17) is 13.9 Å². The van der Waals surface area contributed by atoms with Crippen LogP contribution in [0.3, 0.4) is 0 Å². The van der Waals surface area contributed by atoms with Crippen molar-refractivity contribution < 1.29 is 18.7 Å². The first-order valence-corrected chi connectivity index (χ1v) is 13.2. The molecule has 1 atom stereocenters. The summed E-state index contributed by atoms with van der Waals surface area (Å²) in [5.74, 6) is 1.01. The van der Waals surface area contributed by atoms with Gasteiger partial charge in [-0.2, -0.15) is 0 Å². The zero-order valence-corrected chi connectivity index (χ0v) is 22.2. The maximum atomic E-state index is 13.7. The molecule has 38 heavy (non-hydrogen) atoms. The number of carbonyl (C=O) groups excluding carboxylic acids is 1. The average Bonchev–Trinajstić information content (AvgIpc) is 3.21. The molecule has 6 heteroatoms. The number of para-hydroxylation sites is 1. The van der Waals surface area contributed by atoms with Crippen LogP contribution in [0.15, 0.2) is 75.9 Å². The molecule has 1 unspecified atom stereocenters. The highest BCUT2D eigenvalue weighted by atomic mass is 16.5. The van der Waals surface area contributed by atoms with E-state index < -0.39 is 6.04 Å². The number of methoxy groups -OCH3 is 1. The van der Waals surface area contributed by atoms with Gasteiger partial charge in [0.15, 0.2) is 16.9 Å². The van der Waals surface area contributed by atoms with Gasteiger partial charge in [0.2, 0.25) is 5.76 Å². The van der Waals surface area contributed by atoms with Crippen molar-refractivity contribution in [3.05, 3.63) is 105 Å². The third-order valence-corrected chi connectivity index (χ3v) is 7.11. The lowest BCUT2D eigenvalue weighted by Crippen LogP contribution is -2.29. The molecule has 6 nitrogen and oxygen atoms in total. The first-order valence-electron chi connectivity index (χ1n) is 13.2. The monoisotopic (exact) mass is 511 g/mol. The van der Waals surface area contributed by atoms with Gasteiger partial charge in [-0.3, -0.25) is 9.59 Å². The zero-order valence-electron chi connectivity index (χ0n) is 22.2. The highest BCUT2D eigenvalue weighted by Gasteiger charge is 2.43. The van der Waals surface area contributed by atoms with Gasteiger partial charge in [0.25, 0.3) is 5.91 Å². The molecular formula is C32H33NO5. The van der Waals surface area contributed by atoms with Crippen LogP contribution < -0.4 is 14.9 Å². The summed E-state index contributed by atoms with van der Waals surface area (Å²) in [5.41, 5.74) is 3.45. The fraction of sp³-hybridized carbons (Fsp3) is 0.312. The Bertz CT molecular complexity index is 1510. The van der Waals surface area contributed by atoms with Gasteiger partial charge in [0.1, 0.15) is 5.58 Å². The third-order valence-electron chi connectivity index (χ3n) is 7.11. The lowest BCUT2D eigenvalue weighted by atomic mass is 9.97. The van der Waals surface area contributed by atoms with Crippen molar-refractivity contribution in [3.8, 4) is 11.5 Å². The number of benzene rings is 3. The van der Waals surface area contributed by atoms with Crippen molar-refractivity contribution >= 4 is 16.9 Å². The second kappa shape index (κ2) is 11.1. The number of amides is 1. The summed E-state index contributed by atoms with van der Waals surface area (Å²) in [6, 6.07) is 20.1. The van der Waals surface area contributed by atoms with Crippen LogP contribution in [0.4, 0.5) is 0 Å². The van der Waals surface area contributed by atoms with Gasteiger partial charge in [-0.05, 0) is 48.7 Å². The molecule has 3 aromatic carbocycles. The summed E-state index contributed by atoms with van der Waals surface area (Å²) >= 11 is 0. The Hall–Kier alpha value is -4.06. The molecule has 1 aliphatic heterocycles. The van der Waals surface area contributed by atoms with Gasteiger partial charge in [-0.25, -0.2) is 0 Å². The molecule has 0 saturated heterocycles. The first-order chi connectivity index (χ1) is 18.5. The number of fused-ring (bicyclic) bond motifs is 2. The fourth-order valence-corrected chi connectivity index (χ4v) is 5.05. The van der Waals surface area contributed by atoms with E-state index in [2.05, 4.69) is 6.92 Å². The Morgan fingerprint density at radius 2 is 1.71 bits per heavy atom. The summed E-state index contributed by atoms with van der Waals surface area (Å²) in [4.78, 5) is 29.2. The molecular weight excluding hydrogens is 478 g/mol. The van der Waals surface area contributed by atoms with Crippen molar-refractivity contribution in [2.24, 2.45) is 0 Å². The quantitative estimate of drug-likeness (QED) is 0.219. The summed E-state index contributed by atoms with van der Waals surface area (Å²) in [7, 11) is 1.60. The number of hydrogen-bond donors (Lipinski definition) is 0. The smallest absolute Gasteiger partial charge is 0.291 e. The SMILES string of the molecule is CCCCCCOc1ccc(C2c3c(oc4ccccc4c3=O)C(=O)N2Cc2ccc(C)cc2)cc1OC. The molecule has 196 valence electrons. The minimum atomic E-state index is -0.618. The number of aryl methyl sites for hydroxylation is 1. The van der Waals surface area contributed by atoms with E-state index in [1.807, 2.05) is 49.4 Å². The van der Waals surface area contributed by atoms with Crippen molar-refractivity contribution in [2.75, 3.05) is 13.7 Å². The van der Waals surface area contributed by atoms with Crippen LogP contribution in [0.25, 0.3) is 11.0 Å². The minimum Gasteiger partial charge on any atom is -0.493 e. The van der Waals surface area contributed by atoms with Crippen molar-refractivity contribution in [3.63, 3.8) is 0 Å². The van der Waals surface area contributed by atoms with Crippen molar-refractivity contribution in [1.82, 2.24) is 4.90 Å². The number of rotatable bonds is 10. The van der Waals surface area contributed by atoms with Gasteiger partial charge in [-0.15, -0.1) is 0 Å². The lowest BCUT2D eigenvalue weighted by molar-refractivity contribution is 0.0714. The lowest BCUT2D eigenvalue weighted by Gasteiger charge is -2.26. The molecule has 0 radical (unpaired) electrons. The van der Waals surface area contributed by atoms with Crippen LogP contribution >= 0.6 is 0 Å². The molecule has 0 aliphatic carbocycles. The predicted octanol–water partition coefficient (Wildman–Crippen LogP) is 6.81. The molecule has 1 aliphatic rings. The number of hydrogen-bond acceptors (Lipinski definition) is 5. The maximum Gasteiger partial charge on any atom is 0.291 e. The normalized spacial score (nSPS) is 14.7. The average molecular weight is 512 g/mol. The van der Waals surface area contributed by atoms with Crippen LogP contribution in [0.5, 0.6) is 11.5 Å². The molecule has 0 saturated carbocycles. The highest BCUT2D eigenvalue weighted by Crippen LogP contribution is 2.41. The number of unbranched alkanes of at least 4 members (excludes halogenated alkanes) is 3. The number of ether oxygens (including phenoxy) is 2. The summed E-state index contributed by atoms with van der Waals surface area (Å²) in [6.45, 7) is 5.15. The van der Waals surface area contributed by atoms with E-state index in [1.54, 1.807) is 36.3 Å². The fourth-order valence-electron chi connectivity index (χ4n) is 5.05. The Morgan fingerprint density at radius 3 is 2.47 bits per heavy atom. The highest BCUT2D eigenvalue weighted by molar-refractivity contribution is 5.99. The summed E-state index contributed by atoms with van der Waals surface area (Å²) in [6.07, 6.45) is 4.45. The number of nitrogens with zero attached hydrogens (tertiary/aromatic N) is 1. The Labute approximate surface area is 222 Å². The van der Waals surface area contributed by atoms with Gasteiger partial charge in [0.05, 0.1) is 30.7 Å². The van der Waals surface area contributed by atoms with Gasteiger partial charge in [-0.1, -0.05) is 74.2 Å². The van der Waals surface area contributed by atoms with Gasteiger partial charge < -0.3 is 18.8 Å². The molecule has 5 rings (SSSR count). The van der Waals surface area contributed by atoms with E-state index in [-0.39, 0.29) is 17.1 Å². The Kier molecular flexibility index (Phi) is 7.50. The standard InChI is InChI=1S/C32H33NO5/c1-4-5-6-9-18-37-26-17-16-23(19-27(26)36-3)29-28-30(34)24-10-7-8-11-25(24)38-31(28)32(35)33(29)20-22-14-12-21(2)13-15-22/h7-8,10-17,19,29H,4-6,9,18,20H2,1-3H3. The van der Waals surface area contributed by atoms with E-state index in [1.165, 1.54) is 12.8 Å².